The number of hydrogen-bond acceptors (Lipinski definition) is 4. The maximum Gasteiger partial charge on any atom is 0.164 e. The number of carbonyl (C=O) groups excluding carboxylic acids is 1. The lowest BCUT2D eigenvalue weighted by Crippen LogP contribution is -2.46. The highest BCUT2D eigenvalue weighted by atomic mass is 16.5. The summed E-state index contributed by atoms with van der Waals surface area (Å²) in [5.41, 5.74) is 2.00. The van der Waals surface area contributed by atoms with E-state index in [4.69, 9.17) is 4.74 Å². The number of ketones is 1. The van der Waals surface area contributed by atoms with Crippen molar-refractivity contribution in [3.8, 4) is 0 Å². The number of morpholine rings is 1. The summed E-state index contributed by atoms with van der Waals surface area (Å²) in [7, 11) is 4.12. The predicted molar refractivity (Wildman–Crippen MR) is 84.9 cm³/mol. The minimum atomic E-state index is 0.227. The van der Waals surface area contributed by atoms with E-state index in [1.165, 1.54) is 5.56 Å². The van der Waals surface area contributed by atoms with Crippen LogP contribution in [0.3, 0.4) is 0 Å². The van der Waals surface area contributed by atoms with Gasteiger partial charge >= 0.3 is 0 Å². The second-order valence-electron chi connectivity index (χ2n) is 6.09. The van der Waals surface area contributed by atoms with E-state index in [2.05, 4.69) is 23.9 Å². The predicted octanol–water partition coefficient (Wildman–Crippen LogP) is 1.83. The van der Waals surface area contributed by atoms with Crippen molar-refractivity contribution in [3.05, 3.63) is 35.4 Å². The molecule has 1 fully saturated rings. The minimum absolute atomic E-state index is 0.227. The van der Waals surface area contributed by atoms with Crippen LogP contribution in [0, 0.1) is 6.92 Å². The van der Waals surface area contributed by atoms with Gasteiger partial charge in [0.15, 0.2) is 5.78 Å². The van der Waals surface area contributed by atoms with Crippen LogP contribution >= 0.6 is 0 Å². The summed E-state index contributed by atoms with van der Waals surface area (Å²) in [6.45, 7) is 6.39. The van der Waals surface area contributed by atoms with Gasteiger partial charge in [0.2, 0.25) is 0 Å². The van der Waals surface area contributed by atoms with Crippen molar-refractivity contribution in [3.63, 3.8) is 0 Å². The first-order valence-electron chi connectivity index (χ1n) is 7.63. The zero-order valence-electron chi connectivity index (χ0n) is 13.3. The topological polar surface area (TPSA) is 32.8 Å². The Balaban J connectivity index is 1.79. The van der Waals surface area contributed by atoms with E-state index in [1.807, 2.05) is 31.2 Å². The molecule has 0 saturated carbocycles. The molecule has 1 aromatic carbocycles. The van der Waals surface area contributed by atoms with Gasteiger partial charge in [-0.15, -0.1) is 0 Å². The molecule has 4 heteroatoms. The van der Waals surface area contributed by atoms with Crippen LogP contribution in [0.4, 0.5) is 0 Å². The van der Waals surface area contributed by atoms with Crippen LogP contribution in [-0.2, 0) is 4.74 Å². The molecule has 116 valence electrons. The number of ether oxygens (including phenoxy) is 1. The van der Waals surface area contributed by atoms with Crippen molar-refractivity contribution in [2.75, 3.05) is 46.9 Å². The summed E-state index contributed by atoms with van der Waals surface area (Å²) in [4.78, 5) is 16.7. The molecule has 2 rings (SSSR count). The standard InChI is InChI=1S/C17H26N2O2/c1-14-4-6-15(7-5-14)17(20)8-9-19-10-11-21-16(13-19)12-18(2)3/h4-7,16H,8-13H2,1-3H3/t16-/m0/s1. The molecule has 0 spiro atoms. The molecule has 0 radical (unpaired) electrons. The SMILES string of the molecule is Cc1ccc(C(=O)CCN2CCO[C@@H](CN(C)C)C2)cc1. The lowest BCUT2D eigenvalue weighted by molar-refractivity contribution is -0.0377. The molecule has 1 heterocycles. The number of benzene rings is 1. The molecular formula is C17H26N2O2. The van der Waals surface area contributed by atoms with Gasteiger partial charge in [-0.25, -0.2) is 0 Å². The van der Waals surface area contributed by atoms with Gasteiger partial charge in [0, 0.05) is 38.2 Å². The Bertz CT molecular complexity index is 456. The number of aryl methyl sites for hydroxylation is 1. The lowest BCUT2D eigenvalue weighted by Gasteiger charge is -2.34. The fourth-order valence-corrected chi connectivity index (χ4v) is 2.64. The molecule has 0 N–H and O–H groups in total. The maximum atomic E-state index is 12.2. The number of likely N-dealkylation sites (N-methyl/N-ethyl adjacent to an activating group) is 1. The summed E-state index contributed by atoms with van der Waals surface area (Å²) in [5, 5.41) is 0. The number of hydrogen-bond donors (Lipinski definition) is 0. The highest BCUT2D eigenvalue weighted by Gasteiger charge is 2.21. The summed E-state index contributed by atoms with van der Waals surface area (Å²) in [6, 6.07) is 7.84. The van der Waals surface area contributed by atoms with Gasteiger partial charge in [0.1, 0.15) is 0 Å². The van der Waals surface area contributed by atoms with Gasteiger partial charge in [-0.05, 0) is 21.0 Å². The smallest absolute Gasteiger partial charge is 0.164 e. The first-order chi connectivity index (χ1) is 10.0. The molecular weight excluding hydrogens is 264 g/mol. The highest BCUT2D eigenvalue weighted by Crippen LogP contribution is 2.10. The third kappa shape index (κ3) is 5.23. The van der Waals surface area contributed by atoms with Crippen LogP contribution in [-0.4, -0.2) is 68.6 Å². The second kappa shape index (κ2) is 7.69. The fourth-order valence-electron chi connectivity index (χ4n) is 2.64. The number of rotatable bonds is 6. The van der Waals surface area contributed by atoms with E-state index in [0.717, 1.165) is 38.3 Å². The van der Waals surface area contributed by atoms with Crippen LogP contribution in [0.15, 0.2) is 24.3 Å². The van der Waals surface area contributed by atoms with E-state index in [-0.39, 0.29) is 11.9 Å². The summed E-state index contributed by atoms with van der Waals surface area (Å²) in [5.74, 6) is 0.227. The van der Waals surface area contributed by atoms with Crippen LogP contribution in [0.25, 0.3) is 0 Å². The molecule has 4 nitrogen and oxygen atoms in total. The molecule has 1 aromatic rings. The van der Waals surface area contributed by atoms with Crippen LogP contribution in [0.1, 0.15) is 22.3 Å². The third-order valence-corrected chi connectivity index (χ3v) is 3.82. The molecule has 1 aliphatic rings. The first kappa shape index (κ1) is 16.1. The average Bonchev–Trinajstić information content (AvgIpc) is 2.45. The van der Waals surface area contributed by atoms with Gasteiger partial charge in [-0.2, -0.15) is 0 Å². The Labute approximate surface area is 127 Å². The van der Waals surface area contributed by atoms with Crippen molar-refractivity contribution >= 4 is 5.78 Å². The van der Waals surface area contributed by atoms with Crippen molar-refractivity contribution in [1.82, 2.24) is 9.80 Å². The van der Waals surface area contributed by atoms with Gasteiger partial charge in [0.25, 0.3) is 0 Å². The van der Waals surface area contributed by atoms with Gasteiger partial charge in [-0.3, -0.25) is 9.69 Å². The summed E-state index contributed by atoms with van der Waals surface area (Å²) < 4.78 is 5.76. The van der Waals surface area contributed by atoms with E-state index in [1.54, 1.807) is 0 Å². The molecule has 1 saturated heterocycles. The number of Topliss-reactive ketones (excluding diaryl/α,β-unsaturated/α-hetero) is 1. The summed E-state index contributed by atoms with van der Waals surface area (Å²) >= 11 is 0. The molecule has 0 bridgehead atoms. The van der Waals surface area contributed by atoms with Crippen molar-refractivity contribution in [2.24, 2.45) is 0 Å². The van der Waals surface area contributed by atoms with Gasteiger partial charge in [0.05, 0.1) is 12.7 Å². The Kier molecular flexibility index (Phi) is 5.91. The molecule has 0 aliphatic carbocycles. The first-order valence-corrected chi connectivity index (χ1v) is 7.63. The largest absolute Gasteiger partial charge is 0.374 e. The Morgan fingerprint density at radius 2 is 2.05 bits per heavy atom. The third-order valence-electron chi connectivity index (χ3n) is 3.82. The minimum Gasteiger partial charge on any atom is -0.374 e. The zero-order valence-corrected chi connectivity index (χ0v) is 13.3. The Morgan fingerprint density at radius 3 is 2.71 bits per heavy atom. The second-order valence-corrected chi connectivity index (χ2v) is 6.09. The molecule has 21 heavy (non-hydrogen) atoms. The number of nitrogens with zero attached hydrogens (tertiary/aromatic N) is 2. The lowest BCUT2D eigenvalue weighted by atomic mass is 10.1. The normalized spacial score (nSPS) is 19.9. The monoisotopic (exact) mass is 290 g/mol. The van der Waals surface area contributed by atoms with Crippen LogP contribution in [0.2, 0.25) is 0 Å². The molecule has 1 atom stereocenters. The average molecular weight is 290 g/mol. The van der Waals surface area contributed by atoms with Gasteiger partial charge < -0.3 is 9.64 Å². The van der Waals surface area contributed by atoms with Crippen LogP contribution < -0.4 is 0 Å². The zero-order chi connectivity index (χ0) is 15.2. The van der Waals surface area contributed by atoms with E-state index in [9.17, 15) is 4.79 Å². The molecule has 0 unspecified atom stereocenters. The highest BCUT2D eigenvalue weighted by molar-refractivity contribution is 5.96. The quantitative estimate of drug-likeness (QED) is 0.748. The molecule has 0 aromatic heterocycles. The van der Waals surface area contributed by atoms with Gasteiger partial charge in [-0.1, -0.05) is 29.8 Å². The Morgan fingerprint density at radius 1 is 1.33 bits per heavy atom. The molecule has 0 amide bonds. The number of carbonyl (C=O) groups is 1. The summed E-state index contributed by atoms with van der Waals surface area (Å²) in [6.07, 6.45) is 0.834. The van der Waals surface area contributed by atoms with Crippen molar-refractivity contribution in [1.29, 1.82) is 0 Å². The van der Waals surface area contributed by atoms with E-state index >= 15 is 0 Å². The fraction of sp³-hybridized carbons (Fsp3) is 0.588. The van der Waals surface area contributed by atoms with Crippen molar-refractivity contribution in [2.45, 2.75) is 19.4 Å². The van der Waals surface area contributed by atoms with Crippen LogP contribution in [0.5, 0.6) is 0 Å². The maximum absolute atomic E-state index is 12.2. The van der Waals surface area contributed by atoms with Crippen molar-refractivity contribution < 1.29 is 9.53 Å². The molecule has 1 aliphatic heterocycles. The van der Waals surface area contributed by atoms with E-state index in [0.29, 0.717) is 6.42 Å². The Hall–Kier alpha value is -1.23. The van der Waals surface area contributed by atoms with E-state index < -0.39 is 0 Å².